The molecule has 0 atom stereocenters. The van der Waals surface area contributed by atoms with Crippen molar-refractivity contribution in [2.24, 2.45) is 0 Å². The average molecular weight is 231 g/mol. The molecule has 0 unspecified atom stereocenters. The standard InChI is InChI=1S/C16H23O/c1-10(2)13-7-14(11(3)4)16(9-17)15(8-13)12(5)6/h7-8,10-12H,1-6H3. The van der Waals surface area contributed by atoms with Gasteiger partial charge in [0, 0.05) is 5.56 Å². The van der Waals surface area contributed by atoms with E-state index in [1.807, 2.05) is 0 Å². The maximum Gasteiger partial charge on any atom is 0.234 e. The first-order chi connectivity index (χ1) is 7.88. The van der Waals surface area contributed by atoms with Crippen molar-refractivity contribution >= 4 is 6.29 Å². The molecule has 1 heteroatoms. The van der Waals surface area contributed by atoms with E-state index in [0.29, 0.717) is 17.8 Å². The minimum Gasteiger partial charge on any atom is -0.285 e. The Hall–Kier alpha value is -1.11. The lowest BCUT2D eigenvalue weighted by atomic mass is 9.85. The third-order valence-electron chi connectivity index (χ3n) is 3.23. The van der Waals surface area contributed by atoms with Gasteiger partial charge in [-0.1, -0.05) is 53.7 Å². The molecule has 0 aliphatic carbocycles. The fourth-order valence-corrected chi connectivity index (χ4v) is 2.07. The van der Waals surface area contributed by atoms with Gasteiger partial charge in [0.2, 0.25) is 6.29 Å². The number of rotatable bonds is 4. The van der Waals surface area contributed by atoms with E-state index >= 15 is 0 Å². The van der Waals surface area contributed by atoms with Crippen molar-refractivity contribution in [1.29, 1.82) is 0 Å². The number of hydrogen-bond donors (Lipinski definition) is 0. The Labute approximate surface area is 105 Å². The molecule has 1 nitrogen and oxygen atoms in total. The second-order valence-electron chi connectivity index (χ2n) is 5.64. The fraction of sp³-hybridized carbons (Fsp3) is 0.562. The molecule has 0 aromatic heterocycles. The predicted octanol–water partition coefficient (Wildman–Crippen LogP) is 4.51. The van der Waals surface area contributed by atoms with E-state index in [-0.39, 0.29) is 0 Å². The molecule has 93 valence electrons. The third-order valence-corrected chi connectivity index (χ3v) is 3.23. The first kappa shape index (κ1) is 14.0. The van der Waals surface area contributed by atoms with E-state index in [1.54, 1.807) is 0 Å². The second-order valence-corrected chi connectivity index (χ2v) is 5.64. The lowest BCUT2D eigenvalue weighted by Gasteiger charge is -2.19. The van der Waals surface area contributed by atoms with Crippen LogP contribution in [0.25, 0.3) is 0 Å². The van der Waals surface area contributed by atoms with Gasteiger partial charge in [-0.3, -0.25) is 4.79 Å². The Morgan fingerprint density at radius 2 is 1.24 bits per heavy atom. The summed E-state index contributed by atoms with van der Waals surface area (Å²) in [4.78, 5) is 11.2. The summed E-state index contributed by atoms with van der Waals surface area (Å²) in [7, 11) is 0. The SMILES string of the molecule is CC(C)c1cc(C(C)C)c([C]=O)c(C(C)C)c1. The minimum atomic E-state index is 0.364. The largest absolute Gasteiger partial charge is 0.285 e. The van der Waals surface area contributed by atoms with Crippen molar-refractivity contribution in [3.63, 3.8) is 0 Å². The van der Waals surface area contributed by atoms with Crippen molar-refractivity contribution in [2.75, 3.05) is 0 Å². The zero-order valence-electron chi connectivity index (χ0n) is 11.8. The van der Waals surface area contributed by atoms with Gasteiger partial charge in [0.15, 0.2) is 0 Å². The highest BCUT2D eigenvalue weighted by Gasteiger charge is 2.16. The van der Waals surface area contributed by atoms with Crippen molar-refractivity contribution in [1.82, 2.24) is 0 Å². The zero-order valence-corrected chi connectivity index (χ0v) is 11.8. The molecule has 0 bridgehead atoms. The molecule has 0 N–H and O–H groups in total. The molecule has 1 aromatic rings. The first-order valence-electron chi connectivity index (χ1n) is 6.44. The van der Waals surface area contributed by atoms with Gasteiger partial charge in [-0.25, -0.2) is 0 Å². The Kier molecular flexibility index (Phi) is 4.50. The minimum absolute atomic E-state index is 0.364. The van der Waals surface area contributed by atoms with E-state index in [2.05, 4.69) is 60.0 Å². The Morgan fingerprint density at radius 1 is 0.824 bits per heavy atom. The molecular formula is C16H23O. The van der Waals surface area contributed by atoms with Gasteiger partial charge in [-0.05, 0) is 34.4 Å². The van der Waals surface area contributed by atoms with Gasteiger partial charge < -0.3 is 0 Å². The molecule has 0 fully saturated rings. The Morgan fingerprint density at radius 3 is 1.47 bits per heavy atom. The molecule has 0 saturated heterocycles. The summed E-state index contributed by atoms with van der Waals surface area (Å²) in [5.74, 6) is 1.22. The summed E-state index contributed by atoms with van der Waals surface area (Å²) in [6, 6.07) is 4.34. The normalized spacial score (nSPS) is 11.6. The maximum atomic E-state index is 11.2. The topological polar surface area (TPSA) is 17.1 Å². The molecule has 0 amide bonds. The van der Waals surface area contributed by atoms with Crippen LogP contribution < -0.4 is 0 Å². The molecule has 1 rings (SSSR count). The first-order valence-corrected chi connectivity index (χ1v) is 6.44. The van der Waals surface area contributed by atoms with Gasteiger partial charge >= 0.3 is 0 Å². The highest BCUT2D eigenvalue weighted by atomic mass is 16.1. The Balaban J connectivity index is 3.51. The van der Waals surface area contributed by atoms with Crippen LogP contribution in [-0.4, -0.2) is 6.29 Å². The number of carbonyl (C=O) groups excluding carboxylic acids is 1. The highest BCUT2D eigenvalue weighted by molar-refractivity contribution is 5.81. The zero-order chi connectivity index (χ0) is 13.2. The summed E-state index contributed by atoms with van der Waals surface area (Å²) in [6.07, 6.45) is 2.14. The maximum absolute atomic E-state index is 11.2. The van der Waals surface area contributed by atoms with E-state index in [1.165, 1.54) is 5.56 Å². The van der Waals surface area contributed by atoms with Crippen molar-refractivity contribution in [3.05, 3.63) is 34.4 Å². The molecule has 0 saturated carbocycles. The van der Waals surface area contributed by atoms with Crippen LogP contribution >= 0.6 is 0 Å². The van der Waals surface area contributed by atoms with Gasteiger partial charge in [0.1, 0.15) is 0 Å². The average Bonchev–Trinajstić information content (AvgIpc) is 2.26. The monoisotopic (exact) mass is 231 g/mol. The van der Waals surface area contributed by atoms with Crippen LogP contribution in [0.5, 0.6) is 0 Å². The summed E-state index contributed by atoms with van der Waals surface area (Å²) in [5.41, 5.74) is 4.36. The van der Waals surface area contributed by atoms with Gasteiger partial charge in [-0.2, -0.15) is 0 Å². The predicted molar refractivity (Wildman–Crippen MR) is 73.5 cm³/mol. The smallest absolute Gasteiger partial charge is 0.234 e. The van der Waals surface area contributed by atoms with Crippen LogP contribution in [0.3, 0.4) is 0 Å². The van der Waals surface area contributed by atoms with Crippen LogP contribution in [0.15, 0.2) is 12.1 Å². The molecule has 1 aromatic carbocycles. The van der Waals surface area contributed by atoms with E-state index in [9.17, 15) is 4.79 Å². The van der Waals surface area contributed by atoms with Crippen LogP contribution in [0, 0.1) is 0 Å². The third kappa shape index (κ3) is 2.96. The lowest BCUT2D eigenvalue weighted by molar-refractivity contribution is 0.561. The summed E-state index contributed by atoms with van der Waals surface area (Å²) >= 11 is 0. The lowest BCUT2D eigenvalue weighted by Crippen LogP contribution is -2.05. The highest BCUT2D eigenvalue weighted by Crippen LogP contribution is 2.30. The molecule has 17 heavy (non-hydrogen) atoms. The van der Waals surface area contributed by atoms with Crippen molar-refractivity contribution in [3.8, 4) is 0 Å². The number of benzene rings is 1. The molecular weight excluding hydrogens is 208 g/mol. The van der Waals surface area contributed by atoms with Crippen molar-refractivity contribution < 1.29 is 4.79 Å². The van der Waals surface area contributed by atoms with Crippen LogP contribution in [-0.2, 0) is 4.79 Å². The molecule has 0 heterocycles. The van der Waals surface area contributed by atoms with E-state index in [0.717, 1.165) is 16.7 Å². The molecule has 0 aliphatic rings. The van der Waals surface area contributed by atoms with E-state index in [4.69, 9.17) is 0 Å². The van der Waals surface area contributed by atoms with Gasteiger partial charge in [-0.15, -0.1) is 0 Å². The summed E-state index contributed by atoms with van der Waals surface area (Å²) < 4.78 is 0. The number of hydrogen-bond acceptors (Lipinski definition) is 1. The van der Waals surface area contributed by atoms with E-state index < -0.39 is 0 Å². The van der Waals surface area contributed by atoms with Gasteiger partial charge in [0.25, 0.3) is 0 Å². The quantitative estimate of drug-likeness (QED) is 0.745. The van der Waals surface area contributed by atoms with Gasteiger partial charge in [0.05, 0.1) is 0 Å². The summed E-state index contributed by atoms with van der Waals surface area (Å²) in [6.45, 7) is 12.9. The van der Waals surface area contributed by atoms with Crippen LogP contribution in [0.1, 0.15) is 81.5 Å². The van der Waals surface area contributed by atoms with Crippen LogP contribution in [0.4, 0.5) is 0 Å². The second kappa shape index (κ2) is 5.48. The molecule has 0 aliphatic heterocycles. The Bertz CT molecular complexity index is 371. The molecule has 1 radical (unpaired) electrons. The van der Waals surface area contributed by atoms with Crippen LogP contribution in [0.2, 0.25) is 0 Å². The fourth-order valence-electron chi connectivity index (χ4n) is 2.07. The van der Waals surface area contributed by atoms with Crippen molar-refractivity contribution in [2.45, 2.75) is 59.3 Å². The molecule has 0 spiro atoms. The summed E-state index contributed by atoms with van der Waals surface area (Å²) in [5, 5.41) is 0.